The van der Waals surface area contributed by atoms with E-state index in [9.17, 15) is 4.79 Å². The van der Waals surface area contributed by atoms with Crippen LogP contribution in [0.2, 0.25) is 0 Å². The molecular weight excluding hydrogens is 264 g/mol. The number of likely N-dealkylation sites (tertiary alicyclic amines) is 1. The third kappa shape index (κ3) is 7.16. The summed E-state index contributed by atoms with van der Waals surface area (Å²) in [5, 5.41) is 0. The topological polar surface area (TPSA) is 55.6 Å². The zero-order valence-electron chi connectivity index (χ0n) is 14.6. The van der Waals surface area contributed by atoms with Crippen molar-refractivity contribution >= 4 is 6.09 Å². The fourth-order valence-corrected chi connectivity index (χ4v) is 2.76. The summed E-state index contributed by atoms with van der Waals surface area (Å²) >= 11 is 0. The van der Waals surface area contributed by atoms with Crippen LogP contribution in [0, 0.1) is 11.3 Å². The number of nitrogens with two attached hydrogens (primary N) is 1. The predicted octanol–water partition coefficient (Wildman–Crippen LogP) is 3.79. The van der Waals surface area contributed by atoms with E-state index in [1.165, 1.54) is 19.3 Å². The summed E-state index contributed by atoms with van der Waals surface area (Å²) < 4.78 is 5.47. The molecule has 0 aromatic carbocycles. The molecule has 2 N–H and O–H groups in total. The molecule has 0 aromatic heterocycles. The Hall–Kier alpha value is -0.770. The number of carbonyl (C=O) groups excluding carboxylic acids is 1. The lowest BCUT2D eigenvalue weighted by molar-refractivity contribution is 0.0159. The number of nitrogens with zero attached hydrogens (tertiary/aromatic N) is 1. The van der Waals surface area contributed by atoms with E-state index < -0.39 is 5.60 Å². The largest absolute Gasteiger partial charge is 0.444 e. The van der Waals surface area contributed by atoms with Gasteiger partial charge < -0.3 is 15.4 Å². The molecule has 1 unspecified atom stereocenters. The van der Waals surface area contributed by atoms with Gasteiger partial charge in [-0.2, -0.15) is 0 Å². The molecular formula is C17H34N2O2. The smallest absolute Gasteiger partial charge is 0.410 e. The Labute approximate surface area is 130 Å². The van der Waals surface area contributed by atoms with Crippen molar-refractivity contribution in [3.63, 3.8) is 0 Å². The van der Waals surface area contributed by atoms with Crippen molar-refractivity contribution in [3.05, 3.63) is 0 Å². The van der Waals surface area contributed by atoms with E-state index in [4.69, 9.17) is 10.5 Å². The number of hydrogen-bond donors (Lipinski definition) is 1. The van der Waals surface area contributed by atoms with E-state index in [0.29, 0.717) is 5.92 Å². The number of hydrogen-bond acceptors (Lipinski definition) is 3. The molecule has 0 aliphatic carbocycles. The molecule has 4 nitrogen and oxygen atoms in total. The van der Waals surface area contributed by atoms with Crippen LogP contribution in [0.15, 0.2) is 0 Å². The van der Waals surface area contributed by atoms with Crippen LogP contribution in [-0.2, 0) is 4.74 Å². The minimum Gasteiger partial charge on any atom is -0.444 e. The molecule has 1 rings (SSSR count). The van der Waals surface area contributed by atoms with E-state index in [1.807, 2.05) is 25.7 Å². The number of piperidine rings is 1. The second-order valence-electron chi connectivity index (χ2n) is 8.20. The molecule has 0 spiro atoms. The monoisotopic (exact) mass is 298 g/mol. The molecule has 1 amide bonds. The molecule has 1 fully saturated rings. The molecule has 1 aliphatic rings. The third-order valence-electron chi connectivity index (χ3n) is 4.19. The van der Waals surface area contributed by atoms with Crippen LogP contribution in [-0.4, -0.2) is 36.2 Å². The van der Waals surface area contributed by atoms with Crippen molar-refractivity contribution in [2.24, 2.45) is 17.1 Å². The highest BCUT2D eigenvalue weighted by Crippen LogP contribution is 2.27. The van der Waals surface area contributed by atoms with Gasteiger partial charge in [0.25, 0.3) is 0 Å². The summed E-state index contributed by atoms with van der Waals surface area (Å²) in [6, 6.07) is 0. The molecule has 1 atom stereocenters. The first-order valence-electron chi connectivity index (χ1n) is 8.31. The lowest BCUT2D eigenvalue weighted by Gasteiger charge is -2.34. The highest BCUT2D eigenvalue weighted by Gasteiger charge is 2.27. The number of amides is 1. The summed E-state index contributed by atoms with van der Waals surface area (Å²) in [6.07, 6.45) is 5.69. The lowest BCUT2D eigenvalue weighted by Crippen LogP contribution is -2.42. The van der Waals surface area contributed by atoms with Crippen molar-refractivity contribution in [2.75, 3.05) is 19.6 Å². The molecule has 124 valence electrons. The summed E-state index contributed by atoms with van der Waals surface area (Å²) in [4.78, 5) is 14.0. The molecule has 1 aliphatic heterocycles. The third-order valence-corrected chi connectivity index (χ3v) is 4.19. The van der Waals surface area contributed by atoms with Crippen LogP contribution in [0.25, 0.3) is 0 Å². The van der Waals surface area contributed by atoms with Crippen LogP contribution in [0.3, 0.4) is 0 Å². The average molecular weight is 298 g/mol. The Bertz CT molecular complexity index is 334. The Morgan fingerprint density at radius 3 is 2.52 bits per heavy atom. The highest BCUT2D eigenvalue weighted by atomic mass is 16.6. The molecule has 21 heavy (non-hydrogen) atoms. The summed E-state index contributed by atoms with van der Waals surface area (Å²) in [7, 11) is 0. The van der Waals surface area contributed by atoms with Crippen molar-refractivity contribution in [3.8, 4) is 0 Å². The minimum atomic E-state index is -0.408. The van der Waals surface area contributed by atoms with Crippen LogP contribution >= 0.6 is 0 Å². The summed E-state index contributed by atoms with van der Waals surface area (Å²) in [5.41, 5.74) is 5.60. The molecule has 1 saturated heterocycles. The van der Waals surface area contributed by atoms with Gasteiger partial charge in [-0.25, -0.2) is 4.79 Å². The van der Waals surface area contributed by atoms with Crippen LogP contribution in [0.5, 0.6) is 0 Å². The van der Waals surface area contributed by atoms with Gasteiger partial charge in [0.15, 0.2) is 0 Å². The fourth-order valence-electron chi connectivity index (χ4n) is 2.76. The van der Waals surface area contributed by atoms with Gasteiger partial charge in [-0.15, -0.1) is 0 Å². The van der Waals surface area contributed by atoms with Crippen molar-refractivity contribution in [1.29, 1.82) is 0 Å². The molecule has 0 saturated carbocycles. The van der Waals surface area contributed by atoms with E-state index in [2.05, 4.69) is 13.8 Å². The van der Waals surface area contributed by atoms with Gasteiger partial charge in [0, 0.05) is 13.1 Å². The summed E-state index contributed by atoms with van der Waals surface area (Å²) in [5.74, 6) is 0.611. The molecule has 1 heterocycles. The quantitative estimate of drug-likeness (QED) is 0.840. The number of carbonyl (C=O) groups is 1. The van der Waals surface area contributed by atoms with Gasteiger partial charge in [-0.3, -0.25) is 0 Å². The standard InChI is InChI=1S/C17H34N2O2/c1-16(2,3)21-15(20)19-11-7-9-14(12-19)8-6-10-17(4,5)13-18/h14H,6-13,18H2,1-5H3. The van der Waals surface area contributed by atoms with Gasteiger partial charge in [0.1, 0.15) is 5.60 Å². The maximum Gasteiger partial charge on any atom is 0.410 e. The Morgan fingerprint density at radius 1 is 1.29 bits per heavy atom. The SMILES string of the molecule is CC(C)(CN)CCCC1CCCN(C(=O)OC(C)(C)C)C1. The number of rotatable bonds is 5. The first-order valence-corrected chi connectivity index (χ1v) is 8.31. The van der Waals surface area contributed by atoms with Crippen molar-refractivity contribution < 1.29 is 9.53 Å². The normalized spacial score (nSPS) is 20.5. The number of ether oxygens (including phenoxy) is 1. The maximum atomic E-state index is 12.1. The van der Waals surface area contributed by atoms with Crippen molar-refractivity contribution in [1.82, 2.24) is 4.90 Å². The van der Waals surface area contributed by atoms with Crippen LogP contribution in [0.1, 0.15) is 66.7 Å². The van der Waals surface area contributed by atoms with Crippen LogP contribution in [0.4, 0.5) is 4.79 Å². The Balaban J connectivity index is 2.37. The fraction of sp³-hybridized carbons (Fsp3) is 0.941. The molecule has 4 heteroatoms. The first kappa shape index (κ1) is 18.3. The summed E-state index contributed by atoms with van der Waals surface area (Å²) in [6.45, 7) is 12.6. The first-order chi connectivity index (χ1) is 9.63. The van der Waals surface area contributed by atoms with E-state index >= 15 is 0 Å². The molecule has 0 bridgehead atoms. The van der Waals surface area contributed by atoms with E-state index in [-0.39, 0.29) is 11.5 Å². The minimum absolute atomic E-state index is 0.158. The van der Waals surface area contributed by atoms with Gasteiger partial charge in [-0.1, -0.05) is 20.3 Å². The van der Waals surface area contributed by atoms with Gasteiger partial charge >= 0.3 is 6.09 Å². The van der Waals surface area contributed by atoms with Gasteiger partial charge in [0.2, 0.25) is 0 Å². The zero-order valence-corrected chi connectivity index (χ0v) is 14.6. The Morgan fingerprint density at radius 2 is 1.95 bits per heavy atom. The molecule has 0 radical (unpaired) electrons. The Kier molecular flexibility index (Phi) is 6.51. The lowest BCUT2D eigenvalue weighted by atomic mass is 9.84. The van der Waals surface area contributed by atoms with Gasteiger partial charge in [0.05, 0.1) is 0 Å². The van der Waals surface area contributed by atoms with Gasteiger partial charge in [-0.05, 0) is 64.3 Å². The van der Waals surface area contributed by atoms with Crippen LogP contribution < -0.4 is 5.73 Å². The maximum absolute atomic E-state index is 12.1. The van der Waals surface area contributed by atoms with Crippen molar-refractivity contribution in [2.45, 2.75) is 72.3 Å². The highest BCUT2D eigenvalue weighted by molar-refractivity contribution is 5.68. The average Bonchev–Trinajstić information content (AvgIpc) is 2.37. The second kappa shape index (κ2) is 7.48. The van der Waals surface area contributed by atoms with E-state index in [0.717, 1.165) is 32.5 Å². The predicted molar refractivity (Wildman–Crippen MR) is 87.2 cm³/mol. The molecule has 0 aromatic rings. The van der Waals surface area contributed by atoms with E-state index in [1.54, 1.807) is 0 Å². The second-order valence-corrected chi connectivity index (χ2v) is 8.20. The zero-order chi connectivity index (χ0) is 16.1.